The minimum atomic E-state index is -0.256. The molecule has 1 fully saturated rings. The molecular formula is C15H22N4O. The number of anilines is 1. The maximum absolute atomic E-state index is 9.90. The third-order valence-corrected chi connectivity index (χ3v) is 4.04. The number of hydrogen-bond acceptors (Lipinski definition) is 4. The van der Waals surface area contributed by atoms with Crippen LogP contribution in [0.15, 0.2) is 18.3 Å². The monoisotopic (exact) mass is 274 g/mol. The molecule has 0 spiro atoms. The van der Waals surface area contributed by atoms with Crippen molar-refractivity contribution in [1.82, 2.24) is 9.55 Å². The van der Waals surface area contributed by atoms with E-state index in [1.165, 1.54) is 0 Å². The molecule has 3 N–H and O–H groups in total. The van der Waals surface area contributed by atoms with Crippen LogP contribution in [0.25, 0.3) is 11.0 Å². The number of β-amino-alcohol motifs (C(OH)–C–C–N with tert-alkyl or cyclic N) is 1. The van der Waals surface area contributed by atoms with Crippen LogP contribution in [0, 0.1) is 0 Å². The fraction of sp³-hybridized carbons (Fsp3) is 0.533. The number of aromatic nitrogens is 2. The van der Waals surface area contributed by atoms with Crippen molar-refractivity contribution in [3.8, 4) is 0 Å². The summed E-state index contributed by atoms with van der Waals surface area (Å²) in [7, 11) is 2.02. The van der Waals surface area contributed by atoms with Crippen LogP contribution in [0.3, 0.4) is 0 Å². The Morgan fingerprint density at radius 2 is 2.30 bits per heavy atom. The predicted octanol–water partition coefficient (Wildman–Crippen LogP) is 1.55. The molecule has 20 heavy (non-hydrogen) atoms. The first kappa shape index (κ1) is 13.4. The summed E-state index contributed by atoms with van der Waals surface area (Å²) in [6.07, 6.45) is 3.64. The topological polar surface area (TPSA) is 67.3 Å². The molecular weight excluding hydrogens is 252 g/mol. The molecule has 0 radical (unpaired) electrons. The first-order valence-corrected chi connectivity index (χ1v) is 7.21. The number of nitrogens with two attached hydrogens (primary N) is 1. The molecule has 0 bridgehead atoms. The fourth-order valence-corrected chi connectivity index (χ4v) is 2.95. The third kappa shape index (κ3) is 2.27. The molecule has 0 aromatic carbocycles. The highest BCUT2D eigenvalue weighted by molar-refractivity contribution is 5.81. The van der Waals surface area contributed by atoms with Crippen LogP contribution >= 0.6 is 0 Å². The zero-order valence-corrected chi connectivity index (χ0v) is 12.1. The van der Waals surface area contributed by atoms with Crippen LogP contribution in [0.2, 0.25) is 0 Å². The summed E-state index contributed by atoms with van der Waals surface area (Å²) < 4.78 is 2.07. The van der Waals surface area contributed by atoms with Crippen LogP contribution in [0.1, 0.15) is 31.5 Å². The average Bonchev–Trinajstić information content (AvgIpc) is 2.78. The number of rotatable bonds is 2. The smallest absolute Gasteiger partial charge is 0.0886 e. The minimum absolute atomic E-state index is 0.117. The van der Waals surface area contributed by atoms with Crippen molar-refractivity contribution in [2.24, 2.45) is 12.8 Å². The standard InChI is InChI=1S/C15H22N4O/c1-10(16)15-14(19-6-3-4-11(20)9-19)8-13-12(17-15)5-7-18(13)2/h5,7-8,10-11,20H,3-4,6,9,16H2,1-2H3/t10-,11-/m0/s1. The van der Waals surface area contributed by atoms with Gasteiger partial charge in [0.2, 0.25) is 0 Å². The van der Waals surface area contributed by atoms with Crippen molar-refractivity contribution in [3.05, 3.63) is 24.0 Å². The summed E-state index contributed by atoms with van der Waals surface area (Å²) in [4.78, 5) is 6.94. The van der Waals surface area contributed by atoms with Gasteiger partial charge < -0.3 is 20.3 Å². The highest BCUT2D eigenvalue weighted by Gasteiger charge is 2.22. The maximum atomic E-state index is 9.90. The molecule has 1 aliphatic rings. The highest BCUT2D eigenvalue weighted by Crippen LogP contribution is 2.30. The van der Waals surface area contributed by atoms with Gasteiger partial charge in [0.15, 0.2) is 0 Å². The second-order valence-corrected chi connectivity index (χ2v) is 5.75. The summed E-state index contributed by atoms with van der Waals surface area (Å²) in [5, 5.41) is 9.90. The van der Waals surface area contributed by atoms with E-state index >= 15 is 0 Å². The molecule has 0 saturated carbocycles. The normalized spacial score (nSPS) is 21.4. The van der Waals surface area contributed by atoms with Gasteiger partial charge in [0.05, 0.1) is 28.5 Å². The zero-order chi connectivity index (χ0) is 14.3. The van der Waals surface area contributed by atoms with Gasteiger partial charge in [0, 0.05) is 32.4 Å². The molecule has 2 aromatic heterocycles. The summed E-state index contributed by atoms with van der Waals surface area (Å²) in [6, 6.07) is 4.04. The minimum Gasteiger partial charge on any atom is -0.391 e. The van der Waals surface area contributed by atoms with E-state index in [1.54, 1.807) is 0 Å². The van der Waals surface area contributed by atoms with Crippen LogP contribution in [0.4, 0.5) is 5.69 Å². The van der Waals surface area contributed by atoms with E-state index < -0.39 is 0 Å². The van der Waals surface area contributed by atoms with Crippen molar-refractivity contribution < 1.29 is 5.11 Å². The van der Waals surface area contributed by atoms with Gasteiger partial charge in [-0.3, -0.25) is 0 Å². The Bertz CT molecular complexity index is 620. The van der Waals surface area contributed by atoms with Gasteiger partial charge in [0.25, 0.3) is 0 Å². The Morgan fingerprint density at radius 1 is 1.50 bits per heavy atom. The van der Waals surface area contributed by atoms with Gasteiger partial charge in [-0.05, 0) is 31.9 Å². The number of hydrogen-bond donors (Lipinski definition) is 2. The molecule has 0 aliphatic carbocycles. The van der Waals surface area contributed by atoms with E-state index in [9.17, 15) is 5.11 Å². The highest BCUT2D eigenvalue weighted by atomic mass is 16.3. The Labute approximate surface area is 119 Å². The molecule has 0 unspecified atom stereocenters. The van der Waals surface area contributed by atoms with Gasteiger partial charge in [-0.1, -0.05) is 0 Å². The molecule has 108 valence electrons. The van der Waals surface area contributed by atoms with Crippen LogP contribution < -0.4 is 10.6 Å². The van der Waals surface area contributed by atoms with Gasteiger partial charge in [0.1, 0.15) is 0 Å². The fourth-order valence-electron chi connectivity index (χ4n) is 2.95. The molecule has 2 atom stereocenters. The van der Waals surface area contributed by atoms with Gasteiger partial charge in [-0.15, -0.1) is 0 Å². The van der Waals surface area contributed by atoms with E-state index in [4.69, 9.17) is 10.7 Å². The Balaban J connectivity index is 2.10. The summed E-state index contributed by atoms with van der Waals surface area (Å²) >= 11 is 0. The van der Waals surface area contributed by atoms with Crippen LogP contribution in [-0.2, 0) is 7.05 Å². The lowest BCUT2D eigenvalue weighted by Gasteiger charge is -2.33. The molecule has 5 heteroatoms. The molecule has 2 aromatic rings. The van der Waals surface area contributed by atoms with E-state index in [0.29, 0.717) is 6.54 Å². The number of nitrogens with zero attached hydrogens (tertiary/aromatic N) is 3. The predicted molar refractivity (Wildman–Crippen MR) is 80.8 cm³/mol. The average molecular weight is 274 g/mol. The maximum Gasteiger partial charge on any atom is 0.0886 e. The first-order valence-electron chi connectivity index (χ1n) is 7.21. The number of aliphatic hydroxyl groups is 1. The Morgan fingerprint density at radius 3 is 3.00 bits per heavy atom. The van der Waals surface area contributed by atoms with E-state index in [0.717, 1.165) is 41.8 Å². The molecule has 5 nitrogen and oxygen atoms in total. The van der Waals surface area contributed by atoms with Crippen molar-refractivity contribution in [1.29, 1.82) is 0 Å². The number of fused-ring (bicyclic) bond motifs is 1. The molecule has 0 amide bonds. The number of aryl methyl sites for hydroxylation is 1. The van der Waals surface area contributed by atoms with Gasteiger partial charge in [-0.2, -0.15) is 0 Å². The SMILES string of the molecule is C[C@H](N)c1nc2ccn(C)c2cc1N1CCC[C@H](O)C1. The third-order valence-electron chi connectivity index (χ3n) is 4.04. The lowest BCUT2D eigenvalue weighted by molar-refractivity contribution is 0.154. The first-order chi connectivity index (χ1) is 9.56. The molecule has 3 rings (SSSR count). The largest absolute Gasteiger partial charge is 0.391 e. The van der Waals surface area contributed by atoms with E-state index in [2.05, 4.69) is 15.5 Å². The second kappa shape index (κ2) is 5.07. The second-order valence-electron chi connectivity index (χ2n) is 5.75. The Kier molecular flexibility index (Phi) is 3.40. The number of piperidine rings is 1. The molecule has 1 aliphatic heterocycles. The van der Waals surface area contributed by atoms with Crippen molar-refractivity contribution in [2.45, 2.75) is 31.9 Å². The number of aliphatic hydroxyl groups excluding tert-OH is 1. The molecule has 1 saturated heterocycles. The lowest BCUT2D eigenvalue weighted by atomic mass is 10.1. The van der Waals surface area contributed by atoms with Crippen molar-refractivity contribution in [2.75, 3.05) is 18.0 Å². The Hall–Kier alpha value is -1.59. The van der Waals surface area contributed by atoms with Crippen LogP contribution in [-0.4, -0.2) is 33.9 Å². The van der Waals surface area contributed by atoms with Crippen molar-refractivity contribution >= 4 is 16.7 Å². The summed E-state index contributed by atoms with van der Waals surface area (Å²) in [6.45, 7) is 3.58. The quantitative estimate of drug-likeness (QED) is 0.872. The summed E-state index contributed by atoms with van der Waals surface area (Å²) in [5.41, 5.74) is 10.1. The van der Waals surface area contributed by atoms with Crippen LogP contribution in [0.5, 0.6) is 0 Å². The summed E-state index contributed by atoms with van der Waals surface area (Å²) in [5.74, 6) is 0. The molecule has 3 heterocycles. The van der Waals surface area contributed by atoms with Gasteiger partial charge in [-0.25, -0.2) is 4.98 Å². The number of pyridine rings is 1. The zero-order valence-electron chi connectivity index (χ0n) is 12.1. The van der Waals surface area contributed by atoms with E-state index in [1.807, 2.05) is 26.2 Å². The lowest BCUT2D eigenvalue weighted by Crippen LogP contribution is -2.39. The van der Waals surface area contributed by atoms with Crippen molar-refractivity contribution in [3.63, 3.8) is 0 Å². The van der Waals surface area contributed by atoms with E-state index in [-0.39, 0.29) is 12.1 Å². The van der Waals surface area contributed by atoms with Gasteiger partial charge >= 0.3 is 0 Å².